The number of H-pyrrole nitrogens is 1. The number of rotatable bonds is 13. The second-order valence-corrected chi connectivity index (χ2v) is 9.56. The zero-order chi connectivity index (χ0) is 26.9. The number of para-hydroxylation sites is 2. The molecule has 0 aliphatic heterocycles. The number of nitrogens with two attached hydrogens (primary N) is 2. The van der Waals surface area contributed by atoms with Gasteiger partial charge in [-0.1, -0.05) is 42.1 Å². The minimum Gasteiger partial charge on any atom is -0.368 e. The number of nitrogens with one attached hydrogen (secondary N) is 3. The van der Waals surface area contributed by atoms with Crippen LogP contribution in [0.5, 0.6) is 0 Å². The van der Waals surface area contributed by atoms with Crippen molar-refractivity contribution >= 4 is 46.1 Å². The molecule has 1 aromatic heterocycles. The van der Waals surface area contributed by atoms with Crippen LogP contribution in [-0.2, 0) is 20.8 Å². The molecule has 0 fully saturated rings. The predicted molar refractivity (Wildman–Crippen MR) is 141 cm³/mol. The minimum atomic E-state index is -1.08. The Morgan fingerprint density at radius 1 is 1.05 bits per heavy atom. The van der Waals surface area contributed by atoms with Gasteiger partial charge in [-0.25, -0.2) is 0 Å². The first kappa shape index (κ1) is 27.7. The summed E-state index contributed by atoms with van der Waals surface area (Å²) in [6.45, 7) is 1.77. The number of nitro groups is 1. The van der Waals surface area contributed by atoms with Crippen LogP contribution in [0, 0.1) is 10.1 Å². The van der Waals surface area contributed by atoms with Gasteiger partial charge in [-0.05, 0) is 43.5 Å². The van der Waals surface area contributed by atoms with Crippen LogP contribution in [0.3, 0.4) is 0 Å². The smallest absolute Gasteiger partial charge is 0.283 e. The lowest BCUT2D eigenvalue weighted by Gasteiger charge is -2.22. The summed E-state index contributed by atoms with van der Waals surface area (Å²) in [5.41, 5.74) is 12.6. The van der Waals surface area contributed by atoms with E-state index in [1.807, 2.05) is 24.3 Å². The van der Waals surface area contributed by atoms with E-state index in [0.717, 1.165) is 22.7 Å². The van der Waals surface area contributed by atoms with Gasteiger partial charge in [0.15, 0.2) is 0 Å². The van der Waals surface area contributed by atoms with E-state index in [1.54, 1.807) is 18.2 Å². The number of primary amides is 1. The number of hydrogen-bond donors (Lipinski definition) is 5. The van der Waals surface area contributed by atoms with Crippen LogP contribution in [0.4, 0.5) is 5.69 Å². The molecule has 3 aromatic rings. The van der Waals surface area contributed by atoms with E-state index in [-0.39, 0.29) is 18.0 Å². The van der Waals surface area contributed by atoms with Crippen molar-refractivity contribution in [1.29, 1.82) is 0 Å². The molecule has 0 aliphatic carbocycles. The van der Waals surface area contributed by atoms with Gasteiger partial charge in [-0.3, -0.25) is 24.5 Å². The molecule has 12 heteroatoms. The number of benzene rings is 2. The van der Waals surface area contributed by atoms with Crippen LogP contribution >= 0.6 is 11.8 Å². The lowest BCUT2D eigenvalue weighted by Crippen LogP contribution is -2.53. The molecule has 0 saturated carbocycles. The molecule has 0 unspecified atom stereocenters. The number of nitrogens with zero attached hydrogens (tertiary/aromatic N) is 1. The van der Waals surface area contributed by atoms with Crippen LogP contribution in [0.1, 0.15) is 31.7 Å². The topological polar surface area (TPSA) is 186 Å². The zero-order valence-corrected chi connectivity index (χ0v) is 21.2. The highest BCUT2D eigenvalue weighted by atomic mass is 32.2. The first-order chi connectivity index (χ1) is 17.7. The summed E-state index contributed by atoms with van der Waals surface area (Å²) >= 11 is 1.16. The summed E-state index contributed by atoms with van der Waals surface area (Å²) in [6.07, 6.45) is 1.71. The molecule has 0 saturated heterocycles. The maximum absolute atomic E-state index is 13.0. The van der Waals surface area contributed by atoms with Crippen molar-refractivity contribution in [1.82, 2.24) is 15.6 Å². The molecular weight excluding hydrogens is 496 g/mol. The average molecular weight is 527 g/mol. The predicted octanol–water partition coefficient (Wildman–Crippen LogP) is 2.37. The SMILES string of the molecule is CC(=O)N[C@@H](CCCCN)C(=O)N[C@@H](Cc1c(Sc2ccccc2[N+](=O)[O-])[nH]c2ccccc12)C(N)=O. The zero-order valence-electron chi connectivity index (χ0n) is 20.4. The number of aromatic amines is 1. The maximum atomic E-state index is 13.0. The van der Waals surface area contributed by atoms with E-state index in [2.05, 4.69) is 15.6 Å². The van der Waals surface area contributed by atoms with Gasteiger partial charge >= 0.3 is 0 Å². The third-order valence-corrected chi connectivity index (χ3v) is 6.88. The summed E-state index contributed by atoms with van der Waals surface area (Å²) < 4.78 is 0. The van der Waals surface area contributed by atoms with E-state index in [4.69, 9.17) is 11.5 Å². The van der Waals surface area contributed by atoms with Crippen LogP contribution in [-0.4, -0.2) is 46.3 Å². The number of carbonyl (C=O) groups excluding carboxylic acids is 3. The lowest BCUT2D eigenvalue weighted by atomic mass is 10.0. The molecule has 2 aromatic carbocycles. The highest BCUT2D eigenvalue weighted by Crippen LogP contribution is 2.39. The van der Waals surface area contributed by atoms with Crippen molar-refractivity contribution < 1.29 is 19.3 Å². The fourth-order valence-corrected chi connectivity index (χ4v) is 5.07. The van der Waals surface area contributed by atoms with Gasteiger partial charge in [0.1, 0.15) is 12.1 Å². The molecular formula is C25H30N6O5S. The maximum Gasteiger partial charge on any atom is 0.283 e. The summed E-state index contributed by atoms with van der Waals surface area (Å²) in [7, 11) is 0. The Kier molecular flexibility index (Phi) is 9.64. The normalized spacial score (nSPS) is 12.6. The molecule has 196 valence electrons. The molecule has 0 spiro atoms. The molecule has 1 heterocycles. The minimum absolute atomic E-state index is 0.0453. The molecule has 0 aliphatic rings. The van der Waals surface area contributed by atoms with Crippen LogP contribution < -0.4 is 22.1 Å². The van der Waals surface area contributed by atoms with Crippen LogP contribution in [0.15, 0.2) is 58.5 Å². The molecule has 0 bridgehead atoms. The van der Waals surface area contributed by atoms with Crippen molar-refractivity contribution in [3.63, 3.8) is 0 Å². The van der Waals surface area contributed by atoms with E-state index >= 15 is 0 Å². The average Bonchev–Trinajstić information content (AvgIpc) is 3.19. The Labute approximate surface area is 217 Å². The standard InChI is InChI=1S/C25H30N6O5S/c1-15(32)28-19(10-6-7-13-26)24(34)29-20(23(27)33)14-17-16-8-2-3-9-18(16)30-25(17)37-22-12-5-4-11-21(22)31(35)36/h2-5,8-9,11-12,19-20,30H,6-7,10,13-14,26H2,1H3,(H2,27,33)(H,28,32)(H,29,34)/t19-,20-/m0/s1. The fraction of sp³-hybridized carbons (Fsp3) is 0.320. The number of nitro benzene ring substituents is 1. The van der Waals surface area contributed by atoms with Crippen molar-refractivity contribution in [2.75, 3.05) is 6.54 Å². The lowest BCUT2D eigenvalue weighted by molar-refractivity contribution is -0.387. The molecule has 3 amide bonds. The third-order valence-electron chi connectivity index (χ3n) is 5.76. The molecule has 7 N–H and O–H groups in total. The molecule has 37 heavy (non-hydrogen) atoms. The van der Waals surface area contributed by atoms with Crippen molar-refractivity contribution in [3.8, 4) is 0 Å². The number of unbranched alkanes of at least 4 members (excludes halogenated alkanes) is 1. The van der Waals surface area contributed by atoms with E-state index in [9.17, 15) is 24.5 Å². The molecule has 0 radical (unpaired) electrons. The van der Waals surface area contributed by atoms with E-state index < -0.39 is 28.8 Å². The number of amides is 3. The quantitative estimate of drug-likeness (QED) is 0.128. The Morgan fingerprint density at radius 3 is 2.43 bits per heavy atom. The highest BCUT2D eigenvalue weighted by molar-refractivity contribution is 7.99. The molecule has 11 nitrogen and oxygen atoms in total. The van der Waals surface area contributed by atoms with Gasteiger partial charge in [-0.2, -0.15) is 0 Å². The second kappa shape index (κ2) is 12.9. The van der Waals surface area contributed by atoms with Crippen molar-refractivity contribution in [3.05, 3.63) is 64.2 Å². The number of carbonyl (C=O) groups is 3. The second-order valence-electron chi connectivity index (χ2n) is 8.51. The third kappa shape index (κ3) is 7.30. The fourth-order valence-electron chi connectivity index (χ4n) is 3.98. The molecule has 3 rings (SSSR count). The summed E-state index contributed by atoms with van der Waals surface area (Å²) in [6, 6.07) is 11.8. The Balaban J connectivity index is 1.91. The van der Waals surface area contributed by atoms with Crippen molar-refractivity contribution in [2.45, 2.75) is 54.6 Å². The van der Waals surface area contributed by atoms with Gasteiger partial charge in [-0.15, -0.1) is 0 Å². The highest BCUT2D eigenvalue weighted by Gasteiger charge is 2.27. The first-order valence-corrected chi connectivity index (χ1v) is 12.6. The summed E-state index contributed by atoms with van der Waals surface area (Å²) in [5.74, 6) is -1.64. The number of aromatic nitrogens is 1. The van der Waals surface area contributed by atoms with Crippen LogP contribution in [0.2, 0.25) is 0 Å². The van der Waals surface area contributed by atoms with Gasteiger partial charge in [0, 0.05) is 30.3 Å². The monoisotopic (exact) mass is 526 g/mol. The number of fused-ring (bicyclic) bond motifs is 1. The molecule has 2 atom stereocenters. The largest absolute Gasteiger partial charge is 0.368 e. The summed E-state index contributed by atoms with van der Waals surface area (Å²) in [4.78, 5) is 51.8. The van der Waals surface area contributed by atoms with Crippen molar-refractivity contribution in [2.24, 2.45) is 11.5 Å². The van der Waals surface area contributed by atoms with Crippen LogP contribution in [0.25, 0.3) is 10.9 Å². The Bertz CT molecular complexity index is 1290. The van der Waals surface area contributed by atoms with Gasteiger partial charge in [0.25, 0.3) is 5.69 Å². The van der Waals surface area contributed by atoms with E-state index in [1.165, 1.54) is 13.0 Å². The van der Waals surface area contributed by atoms with Gasteiger partial charge in [0.05, 0.1) is 14.8 Å². The van der Waals surface area contributed by atoms with E-state index in [0.29, 0.717) is 41.3 Å². The Morgan fingerprint density at radius 2 is 1.76 bits per heavy atom. The Hall–Kier alpha value is -3.90. The van der Waals surface area contributed by atoms with Gasteiger partial charge < -0.3 is 27.1 Å². The number of hydrogen-bond acceptors (Lipinski definition) is 7. The summed E-state index contributed by atoms with van der Waals surface area (Å²) in [5, 5.41) is 18.2. The van der Waals surface area contributed by atoms with Gasteiger partial charge in [0.2, 0.25) is 17.7 Å². The first-order valence-electron chi connectivity index (χ1n) is 11.8.